The number of sulfonamides is 1. The van der Waals surface area contributed by atoms with Crippen molar-refractivity contribution in [3.05, 3.63) is 53.6 Å². The van der Waals surface area contributed by atoms with Crippen molar-refractivity contribution in [1.82, 2.24) is 9.62 Å². The summed E-state index contributed by atoms with van der Waals surface area (Å²) in [5.74, 6) is 1.19. The number of benzene rings is 2. The van der Waals surface area contributed by atoms with Gasteiger partial charge in [0.25, 0.3) is 0 Å². The normalized spacial score (nSPS) is 24.2. The molecule has 0 radical (unpaired) electrons. The van der Waals surface area contributed by atoms with E-state index in [1.54, 1.807) is 26.4 Å². The van der Waals surface area contributed by atoms with Crippen molar-refractivity contribution in [1.29, 1.82) is 0 Å². The lowest BCUT2D eigenvalue weighted by molar-refractivity contribution is -0.137. The first-order valence-electron chi connectivity index (χ1n) is 11.6. The van der Waals surface area contributed by atoms with Gasteiger partial charge in [-0.3, -0.25) is 4.79 Å². The number of nitrogens with one attached hydrogen (secondary N) is 1. The molecule has 1 aliphatic carbocycles. The van der Waals surface area contributed by atoms with E-state index >= 15 is 0 Å². The fourth-order valence-electron chi connectivity index (χ4n) is 5.44. The van der Waals surface area contributed by atoms with Crippen molar-refractivity contribution in [2.24, 2.45) is 17.8 Å². The molecule has 36 heavy (non-hydrogen) atoms. The Morgan fingerprint density at radius 2 is 1.86 bits per heavy atom. The van der Waals surface area contributed by atoms with Gasteiger partial charge in [0.1, 0.15) is 11.5 Å². The third-order valence-electron chi connectivity index (χ3n) is 7.33. The molecular formula is C25H29F3N2O5S. The summed E-state index contributed by atoms with van der Waals surface area (Å²) >= 11 is 0. The van der Waals surface area contributed by atoms with E-state index in [4.69, 9.17) is 9.47 Å². The number of hydrogen-bond donors (Lipinski definition) is 1. The molecule has 1 aliphatic heterocycles. The molecule has 2 fully saturated rings. The molecule has 11 heteroatoms. The van der Waals surface area contributed by atoms with Crippen LogP contribution in [-0.2, 0) is 27.5 Å². The molecule has 0 unspecified atom stereocenters. The second kappa shape index (κ2) is 9.93. The van der Waals surface area contributed by atoms with Crippen molar-refractivity contribution in [3.63, 3.8) is 0 Å². The number of fused-ring (bicyclic) bond motifs is 1. The summed E-state index contributed by atoms with van der Waals surface area (Å²) in [5, 5.41) is 0. The van der Waals surface area contributed by atoms with Crippen LogP contribution in [-0.4, -0.2) is 46.0 Å². The fraction of sp³-hybridized carbons (Fsp3) is 0.480. The van der Waals surface area contributed by atoms with Crippen LogP contribution in [0.25, 0.3) is 0 Å². The summed E-state index contributed by atoms with van der Waals surface area (Å²) in [4.78, 5) is 14.3. The van der Waals surface area contributed by atoms with Crippen molar-refractivity contribution >= 4 is 15.9 Å². The van der Waals surface area contributed by atoms with Crippen LogP contribution in [0, 0.1) is 17.8 Å². The quantitative estimate of drug-likeness (QED) is 0.561. The molecule has 0 spiro atoms. The standard InChI is InChI=1S/C25H29F3N2O5S/c1-15-9-22-20(12-24(31)30(22)14-16-7-8-18(34-2)11-23(16)35-3)21(15)13-29-36(32,33)19-6-4-5-17(10-19)25(26,27)28/h4-8,10-11,15,20-22,29H,9,12-14H2,1-3H3/t15-,20-,21+,22+/m0/s1. The molecule has 1 N–H and O–H groups in total. The molecule has 2 aromatic rings. The minimum absolute atomic E-state index is 0.0134. The monoisotopic (exact) mass is 526 g/mol. The Hall–Kier alpha value is -2.79. The largest absolute Gasteiger partial charge is 0.497 e. The van der Waals surface area contributed by atoms with Gasteiger partial charge in [-0.2, -0.15) is 13.2 Å². The minimum atomic E-state index is -4.64. The minimum Gasteiger partial charge on any atom is -0.497 e. The Bertz CT molecular complexity index is 1230. The van der Waals surface area contributed by atoms with Crippen LogP contribution >= 0.6 is 0 Å². The summed E-state index contributed by atoms with van der Waals surface area (Å²) in [5.41, 5.74) is -0.181. The van der Waals surface area contributed by atoms with Gasteiger partial charge in [-0.1, -0.05) is 13.0 Å². The molecule has 1 saturated carbocycles. The predicted molar refractivity (Wildman–Crippen MR) is 126 cm³/mol. The van der Waals surface area contributed by atoms with Gasteiger partial charge in [0.05, 0.1) is 24.7 Å². The van der Waals surface area contributed by atoms with E-state index in [0.717, 1.165) is 23.8 Å². The molecule has 1 heterocycles. The fourth-order valence-corrected chi connectivity index (χ4v) is 6.56. The molecule has 0 aromatic heterocycles. The Balaban J connectivity index is 1.47. The van der Waals surface area contributed by atoms with Crippen LogP contribution in [0.15, 0.2) is 47.4 Å². The number of rotatable bonds is 8. The first-order chi connectivity index (χ1) is 16.9. The van der Waals surface area contributed by atoms with Gasteiger partial charge in [0, 0.05) is 37.2 Å². The van der Waals surface area contributed by atoms with Crippen LogP contribution in [0.2, 0.25) is 0 Å². The first kappa shape index (κ1) is 26.3. The number of hydrogen-bond acceptors (Lipinski definition) is 5. The number of ether oxygens (including phenoxy) is 2. The number of alkyl halides is 3. The molecule has 0 bridgehead atoms. The number of likely N-dealkylation sites (tertiary alicyclic amines) is 1. The summed E-state index contributed by atoms with van der Waals surface area (Å²) < 4.78 is 77.9. The molecule has 2 aromatic carbocycles. The van der Waals surface area contributed by atoms with Crippen LogP contribution in [0.3, 0.4) is 0 Å². The van der Waals surface area contributed by atoms with Crippen LogP contribution < -0.4 is 14.2 Å². The first-order valence-corrected chi connectivity index (χ1v) is 13.1. The number of nitrogens with zero attached hydrogens (tertiary/aromatic N) is 1. The number of methoxy groups -OCH3 is 2. The van der Waals surface area contributed by atoms with E-state index in [9.17, 15) is 26.4 Å². The lowest BCUT2D eigenvalue weighted by Gasteiger charge is -2.25. The average Bonchev–Trinajstić information content (AvgIpc) is 3.30. The maximum atomic E-state index is 13.0. The Morgan fingerprint density at radius 3 is 2.53 bits per heavy atom. The van der Waals surface area contributed by atoms with Gasteiger partial charge in [-0.15, -0.1) is 0 Å². The Kier molecular flexibility index (Phi) is 7.25. The number of carbonyl (C=O) groups excluding carboxylic acids is 1. The van der Waals surface area contributed by atoms with Crippen molar-refractivity contribution in [2.45, 2.75) is 43.4 Å². The highest BCUT2D eigenvalue weighted by atomic mass is 32.2. The van der Waals surface area contributed by atoms with Gasteiger partial charge in [-0.05, 0) is 54.5 Å². The van der Waals surface area contributed by atoms with Crippen molar-refractivity contribution in [3.8, 4) is 11.5 Å². The van der Waals surface area contributed by atoms with E-state index in [1.807, 2.05) is 17.9 Å². The van der Waals surface area contributed by atoms with Crippen LogP contribution in [0.4, 0.5) is 13.2 Å². The average molecular weight is 527 g/mol. The highest BCUT2D eigenvalue weighted by Gasteiger charge is 2.50. The third kappa shape index (κ3) is 5.17. The Labute approximate surface area is 208 Å². The van der Waals surface area contributed by atoms with Gasteiger partial charge in [0.2, 0.25) is 15.9 Å². The lowest BCUT2D eigenvalue weighted by Crippen LogP contribution is -2.35. The molecule has 196 valence electrons. The highest BCUT2D eigenvalue weighted by molar-refractivity contribution is 7.89. The SMILES string of the molecule is COc1ccc(CN2C(=O)C[C@H]3[C@H](CNS(=O)(=O)c4cccc(C(F)(F)F)c4)[C@@H](C)C[C@H]32)c(OC)c1. The lowest BCUT2D eigenvalue weighted by atomic mass is 9.89. The van der Waals surface area contributed by atoms with E-state index in [-0.39, 0.29) is 36.2 Å². The molecule has 4 rings (SSSR count). The zero-order chi connectivity index (χ0) is 26.3. The summed E-state index contributed by atoms with van der Waals surface area (Å²) in [6.45, 7) is 2.43. The second-order valence-corrected chi connectivity index (χ2v) is 11.2. The van der Waals surface area contributed by atoms with Gasteiger partial charge < -0.3 is 14.4 Å². The summed E-state index contributed by atoms with van der Waals surface area (Å²) in [6, 6.07) is 9.05. The van der Waals surface area contributed by atoms with Crippen molar-refractivity contribution in [2.75, 3.05) is 20.8 Å². The molecule has 4 atom stereocenters. The zero-order valence-electron chi connectivity index (χ0n) is 20.2. The van der Waals surface area contributed by atoms with Gasteiger partial charge in [0.15, 0.2) is 0 Å². The highest BCUT2D eigenvalue weighted by Crippen LogP contribution is 2.47. The number of halogens is 3. The van der Waals surface area contributed by atoms with E-state index < -0.39 is 26.7 Å². The third-order valence-corrected chi connectivity index (χ3v) is 8.76. The topological polar surface area (TPSA) is 84.9 Å². The van der Waals surface area contributed by atoms with E-state index in [1.165, 1.54) is 0 Å². The summed E-state index contributed by atoms with van der Waals surface area (Å²) in [7, 11) is -1.04. The van der Waals surface area contributed by atoms with Crippen molar-refractivity contribution < 1.29 is 35.9 Å². The molecule has 2 aliphatic rings. The number of carbonyl (C=O) groups is 1. The number of amides is 1. The zero-order valence-corrected chi connectivity index (χ0v) is 21.0. The van der Waals surface area contributed by atoms with Crippen LogP contribution in [0.5, 0.6) is 11.5 Å². The maximum absolute atomic E-state index is 13.0. The molecule has 1 saturated heterocycles. The second-order valence-electron chi connectivity index (χ2n) is 9.39. The maximum Gasteiger partial charge on any atom is 0.416 e. The van der Waals surface area contributed by atoms with Gasteiger partial charge >= 0.3 is 6.18 Å². The van der Waals surface area contributed by atoms with Crippen LogP contribution in [0.1, 0.15) is 30.9 Å². The van der Waals surface area contributed by atoms with E-state index in [2.05, 4.69) is 4.72 Å². The van der Waals surface area contributed by atoms with Gasteiger partial charge in [-0.25, -0.2) is 13.1 Å². The molecule has 1 amide bonds. The van der Waals surface area contributed by atoms with E-state index in [0.29, 0.717) is 37.0 Å². The Morgan fingerprint density at radius 1 is 1.11 bits per heavy atom. The summed E-state index contributed by atoms with van der Waals surface area (Å²) in [6.07, 6.45) is -3.63. The predicted octanol–water partition coefficient (Wildman–Crippen LogP) is 4.07. The molecule has 7 nitrogen and oxygen atoms in total. The molecular weight excluding hydrogens is 497 g/mol. The smallest absolute Gasteiger partial charge is 0.416 e.